The molecule has 1 aliphatic carbocycles. The molecule has 1 N–H and O–H groups in total. The second-order valence-corrected chi connectivity index (χ2v) is 6.49. The summed E-state index contributed by atoms with van der Waals surface area (Å²) in [5.41, 5.74) is 3.08. The lowest BCUT2D eigenvalue weighted by molar-refractivity contribution is 0.393. The molecule has 1 aromatic rings. The highest BCUT2D eigenvalue weighted by molar-refractivity contribution is 5.26. The van der Waals surface area contributed by atoms with Crippen LogP contribution in [0.15, 0.2) is 24.3 Å². The van der Waals surface area contributed by atoms with Gasteiger partial charge in [-0.05, 0) is 57.9 Å². The van der Waals surface area contributed by atoms with Gasteiger partial charge in [0.25, 0.3) is 0 Å². The zero-order valence-electron chi connectivity index (χ0n) is 11.6. The standard InChI is InChI=1S/C16H25N/c1-12-5-7-13(8-6-12)15(14-9-10-14)11-17-16(2,3)4/h5-8,14-15,17H,9-11H2,1-4H3. The summed E-state index contributed by atoms with van der Waals surface area (Å²) in [6.45, 7) is 9.99. The molecule has 1 atom stereocenters. The van der Waals surface area contributed by atoms with E-state index >= 15 is 0 Å². The Morgan fingerprint density at radius 1 is 1.18 bits per heavy atom. The number of benzene rings is 1. The van der Waals surface area contributed by atoms with Crippen molar-refractivity contribution in [2.75, 3.05) is 6.54 Å². The van der Waals surface area contributed by atoms with Crippen LogP contribution < -0.4 is 5.32 Å². The number of hydrogen-bond donors (Lipinski definition) is 1. The van der Waals surface area contributed by atoms with Crippen LogP contribution in [0.4, 0.5) is 0 Å². The molecular formula is C16H25N. The largest absolute Gasteiger partial charge is 0.311 e. The molecule has 1 heteroatoms. The Morgan fingerprint density at radius 3 is 2.24 bits per heavy atom. The van der Waals surface area contributed by atoms with Crippen molar-refractivity contribution in [1.29, 1.82) is 0 Å². The van der Waals surface area contributed by atoms with Crippen molar-refractivity contribution < 1.29 is 0 Å². The molecule has 0 aromatic heterocycles. The molecule has 1 saturated carbocycles. The quantitative estimate of drug-likeness (QED) is 0.829. The van der Waals surface area contributed by atoms with Crippen molar-refractivity contribution >= 4 is 0 Å². The summed E-state index contributed by atoms with van der Waals surface area (Å²) >= 11 is 0. The van der Waals surface area contributed by atoms with Crippen molar-refractivity contribution in [3.8, 4) is 0 Å². The molecule has 0 aliphatic heterocycles. The minimum absolute atomic E-state index is 0.220. The van der Waals surface area contributed by atoms with Crippen molar-refractivity contribution in [3.63, 3.8) is 0 Å². The summed E-state index contributed by atoms with van der Waals surface area (Å²) in [6.07, 6.45) is 2.81. The summed E-state index contributed by atoms with van der Waals surface area (Å²) in [6, 6.07) is 9.09. The first-order chi connectivity index (χ1) is 7.96. The fraction of sp³-hybridized carbons (Fsp3) is 0.625. The average molecular weight is 231 g/mol. The van der Waals surface area contributed by atoms with Crippen LogP contribution in [0, 0.1) is 12.8 Å². The molecule has 1 fully saturated rings. The second-order valence-electron chi connectivity index (χ2n) is 6.49. The molecule has 0 saturated heterocycles. The van der Waals surface area contributed by atoms with Crippen molar-refractivity contribution in [3.05, 3.63) is 35.4 Å². The highest BCUT2D eigenvalue weighted by atomic mass is 14.9. The van der Waals surface area contributed by atoms with E-state index in [1.54, 1.807) is 0 Å². The van der Waals surface area contributed by atoms with Gasteiger partial charge in [0.15, 0.2) is 0 Å². The number of nitrogens with one attached hydrogen (secondary N) is 1. The topological polar surface area (TPSA) is 12.0 Å². The second kappa shape index (κ2) is 4.81. The van der Waals surface area contributed by atoms with Gasteiger partial charge in [-0.1, -0.05) is 29.8 Å². The molecule has 0 radical (unpaired) electrons. The van der Waals surface area contributed by atoms with Crippen LogP contribution in [-0.4, -0.2) is 12.1 Å². The van der Waals surface area contributed by atoms with Crippen LogP contribution in [0.1, 0.15) is 50.7 Å². The molecule has 1 aliphatic rings. The van der Waals surface area contributed by atoms with E-state index in [1.165, 1.54) is 24.0 Å². The van der Waals surface area contributed by atoms with Gasteiger partial charge in [-0.25, -0.2) is 0 Å². The van der Waals surface area contributed by atoms with Gasteiger partial charge in [0.2, 0.25) is 0 Å². The Bertz CT molecular complexity index is 354. The SMILES string of the molecule is Cc1ccc(C(CNC(C)(C)C)C2CC2)cc1. The highest BCUT2D eigenvalue weighted by Gasteiger charge is 2.32. The van der Waals surface area contributed by atoms with E-state index in [4.69, 9.17) is 0 Å². The van der Waals surface area contributed by atoms with Gasteiger partial charge in [-0.2, -0.15) is 0 Å². The first-order valence-electron chi connectivity index (χ1n) is 6.77. The monoisotopic (exact) mass is 231 g/mol. The maximum atomic E-state index is 3.66. The maximum Gasteiger partial charge on any atom is 0.00967 e. The van der Waals surface area contributed by atoms with Crippen molar-refractivity contribution in [1.82, 2.24) is 5.32 Å². The number of rotatable bonds is 4. The first-order valence-corrected chi connectivity index (χ1v) is 6.77. The van der Waals surface area contributed by atoms with Gasteiger partial charge < -0.3 is 5.32 Å². The third-order valence-corrected chi connectivity index (χ3v) is 3.55. The smallest absolute Gasteiger partial charge is 0.00967 e. The molecule has 2 rings (SSSR count). The molecule has 1 unspecified atom stereocenters. The number of aryl methyl sites for hydroxylation is 1. The molecular weight excluding hydrogens is 206 g/mol. The Hall–Kier alpha value is -0.820. The van der Waals surface area contributed by atoms with Crippen LogP contribution in [0.2, 0.25) is 0 Å². The maximum absolute atomic E-state index is 3.66. The predicted octanol–water partition coefficient (Wildman–Crippen LogP) is 3.88. The first kappa shape index (κ1) is 12.6. The number of hydrogen-bond acceptors (Lipinski definition) is 1. The van der Waals surface area contributed by atoms with Crippen LogP contribution >= 0.6 is 0 Å². The lowest BCUT2D eigenvalue weighted by Gasteiger charge is -2.25. The molecule has 0 bridgehead atoms. The predicted molar refractivity (Wildman–Crippen MR) is 74.4 cm³/mol. The van der Waals surface area contributed by atoms with E-state index in [1.807, 2.05) is 0 Å². The highest BCUT2D eigenvalue weighted by Crippen LogP contribution is 2.42. The molecule has 0 spiro atoms. The average Bonchev–Trinajstić information content (AvgIpc) is 3.03. The van der Waals surface area contributed by atoms with Crippen LogP contribution in [0.5, 0.6) is 0 Å². The van der Waals surface area contributed by atoms with Crippen molar-refractivity contribution in [2.24, 2.45) is 5.92 Å². The zero-order chi connectivity index (χ0) is 12.5. The summed E-state index contributed by atoms with van der Waals surface area (Å²) in [4.78, 5) is 0. The van der Waals surface area contributed by atoms with Crippen LogP contribution in [-0.2, 0) is 0 Å². The Balaban J connectivity index is 2.04. The van der Waals surface area contributed by atoms with Gasteiger partial charge >= 0.3 is 0 Å². The zero-order valence-corrected chi connectivity index (χ0v) is 11.6. The van der Waals surface area contributed by atoms with Crippen LogP contribution in [0.25, 0.3) is 0 Å². The van der Waals surface area contributed by atoms with Gasteiger partial charge in [0.1, 0.15) is 0 Å². The molecule has 94 valence electrons. The Labute approximate surface area is 106 Å². The van der Waals surface area contributed by atoms with E-state index in [0.717, 1.165) is 12.5 Å². The summed E-state index contributed by atoms with van der Waals surface area (Å²) in [5, 5.41) is 3.66. The Morgan fingerprint density at radius 2 is 1.76 bits per heavy atom. The van der Waals surface area contributed by atoms with Gasteiger partial charge in [0.05, 0.1) is 0 Å². The molecule has 0 heterocycles. The third-order valence-electron chi connectivity index (χ3n) is 3.55. The van der Waals surface area contributed by atoms with E-state index in [2.05, 4.69) is 57.3 Å². The fourth-order valence-electron chi connectivity index (χ4n) is 2.29. The van der Waals surface area contributed by atoms with Crippen LogP contribution in [0.3, 0.4) is 0 Å². The third kappa shape index (κ3) is 3.85. The summed E-state index contributed by atoms with van der Waals surface area (Å²) in [7, 11) is 0. The van der Waals surface area contributed by atoms with E-state index in [9.17, 15) is 0 Å². The molecule has 0 amide bonds. The lowest BCUT2D eigenvalue weighted by Crippen LogP contribution is -2.39. The van der Waals surface area contributed by atoms with E-state index < -0.39 is 0 Å². The minimum Gasteiger partial charge on any atom is -0.311 e. The molecule has 1 nitrogen and oxygen atoms in total. The van der Waals surface area contributed by atoms with E-state index in [0.29, 0.717) is 5.92 Å². The van der Waals surface area contributed by atoms with Gasteiger partial charge in [-0.3, -0.25) is 0 Å². The fourth-order valence-corrected chi connectivity index (χ4v) is 2.29. The summed E-state index contributed by atoms with van der Waals surface area (Å²) in [5.74, 6) is 1.61. The van der Waals surface area contributed by atoms with Gasteiger partial charge in [-0.15, -0.1) is 0 Å². The molecule has 17 heavy (non-hydrogen) atoms. The normalized spacial score (nSPS) is 18.1. The minimum atomic E-state index is 0.220. The lowest BCUT2D eigenvalue weighted by atomic mass is 9.92. The summed E-state index contributed by atoms with van der Waals surface area (Å²) < 4.78 is 0. The molecule has 1 aromatic carbocycles. The van der Waals surface area contributed by atoms with Crippen molar-refractivity contribution in [2.45, 2.75) is 52.0 Å². The van der Waals surface area contributed by atoms with Gasteiger partial charge in [0, 0.05) is 12.1 Å². The Kier molecular flexibility index (Phi) is 3.58. The van der Waals surface area contributed by atoms with E-state index in [-0.39, 0.29) is 5.54 Å².